The Morgan fingerprint density at radius 1 is 1.00 bits per heavy atom. The van der Waals surface area contributed by atoms with Crippen molar-refractivity contribution in [3.05, 3.63) is 88.8 Å². The van der Waals surface area contributed by atoms with E-state index in [9.17, 15) is 8.78 Å². The summed E-state index contributed by atoms with van der Waals surface area (Å²) in [5.74, 6) is -1.17. The van der Waals surface area contributed by atoms with Gasteiger partial charge in [0.05, 0.1) is 11.9 Å². The molecule has 140 valence electrons. The van der Waals surface area contributed by atoms with Crippen LogP contribution < -0.4 is 4.74 Å². The highest BCUT2D eigenvalue weighted by Crippen LogP contribution is 2.37. The van der Waals surface area contributed by atoms with Crippen molar-refractivity contribution in [1.82, 2.24) is 19.7 Å². The zero-order valence-electron chi connectivity index (χ0n) is 14.4. The Bertz CT molecular complexity index is 1100. The Labute approximate surface area is 167 Å². The average molecular weight is 443 g/mol. The zero-order chi connectivity index (χ0) is 19.5. The molecule has 0 aliphatic rings. The molecule has 0 saturated heterocycles. The molecule has 0 atom stereocenters. The number of hydrogen-bond donors (Lipinski definition) is 0. The summed E-state index contributed by atoms with van der Waals surface area (Å²) in [5.41, 5.74) is 1.86. The van der Waals surface area contributed by atoms with Crippen LogP contribution in [0.15, 0.2) is 71.6 Å². The molecule has 4 aromatic rings. The highest BCUT2D eigenvalue weighted by atomic mass is 79.9. The van der Waals surface area contributed by atoms with Gasteiger partial charge in [0.15, 0.2) is 17.5 Å². The Kier molecular flexibility index (Phi) is 5.12. The maximum absolute atomic E-state index is 13.8. The van der Waals surface area contributed by atoms with E-state index in [0.717, 1.165) is 17.7 Å². The van der Waals surface area contributed by atoms with E-state index in [1.54, 1.807) is 0 Å². The fourth-order valence-corrected chi connectivity index (χ4v) is 3.25. The highest BCUT2D eigenvalue weighted by molar-refractivity contribution is 9.10. The van der Waals surface area contributed by atoms with Crippen LogP contribution in [0.4, 0.5) is 8.78 Å². The van der Waals surface area contributed by atoms with Crippen LogP contribution in [-0.2, 0) is 6.61 Å². The van der Waals surface area contributed by atoms with Crippen molar-refractivity contribution in [2.24, 2.45) is 0 Å². The van der Waals surface area contributed by atoms with Crippen molar-refractivity contribution < 1.29 is 13.5 Å². The van der Waals surface area contributed by atoms with Gasteiger partial charge in [0.2, 0.25) is 5.88 Å². The van der Waals surface area contributed by atoms with Gasteiger partial charge in [0, 0.05) is 18.0 Å². The molecule has 0 fully saturated rings. The van der Waals surface area contributed by atoms with E-state index in [-0.39, 0.29) is 0 Å². The summed E-state index contributed by atoms with van der Waals surface area (Å²) < 4.78 is 35.0. The van der Waals surface area contributed by atoms with Crippen LogP contribution >= 0.6 is 15.9 Å². The molecule has 0 aliphatic carbocycles. The molecule has 0 N–H and O–H groups in total. The maximum atomic E-state index is 13.8. The second-order valence-electron chi connectivity index (χ2n) is 5.85. The summed E-state index contributed by atoms with van der Waals surface area (Å²) in [7, 11) is 0. The first-order chi connectivity index (χ1) is 13.6. The molecule has 0 aliphatic heterocycles. The monoisotopic (exact) mass is 442 g/mol. The minimum absolute atomic E-state index is 0.300. The predicted octanol–water partition coefficient (Wildman–Crippen LogP) is 4.95. The topological polar surface area (TPSA) is 52.8 Å². The predicted molar refractivity (Wildman–Crippen MR) is 103 cm³/mol. The first-order valence-electron chi connectivity index (χ1n) is 8.30. The molecule has 0 bridgehead atoms. The van der Waals surface area contributed by atoms with Gasteiger partial charge in [-0.3, -0.25) is 4.98 Å². The summed E-state index contributed by atoms with van der Waals surface area (Å²) in [5, 5.41) is 4.45. The van der Waals surface area contributed by atoms with Crippen molar-refractivity contribution in [3.63, 3.8) is 0 Å². The molecule has 2 aromatic carbocycles. The van der Waals surface area contributed by atoms with Gasteiger partial charge in [-0.15, -0.1) is 5.10 Å². The standard InChI is InChI=1S/C20H13BrF2N4O/c21-18-19(14-6-7-15(22)16(23)10-14)27(17-11-24-8-9-25-17)26-20(18)28-12-13-4-2-1-3-5-13/h1-11H,12H2. The van der Waals surface area contributed by atoms with Crippen LogP contribution in [0.5, 0.6) is 5.88 Å². The lowest BCUT2D eigenvalue weighted by Crippen LogP contribution is -2.03. The average Bonchev–Trinajstić information content (AvgIpc) is 3.06. The third-order valence-corrected chi connectivity index (χ3v) is 4.69. The Hall–Kier alpha value is -3.13. The van der Waals surface area contributed by atoms with Crippen molar-refractivity contribution in [2.75, 3.05) is 0 Å². The van der Waals surface area contributed by atoms with E-state index < -0.39 is 11.6 Å². The summed E-state index contributed by atoms with van der Waals surface area (Å²) in [6.45, 7) is 0.300. The molecule has 0 spiro atoms. The maximum Gasteiger partial charge on any atom is 0.248 e. The molecule has 0 amide bonds. The van der Waals surface area contributed by atoms with E-state index in [4.69, 9.17) is 4.74 Å². The molecule has 2 heterocycles. The fraction of sp³-hybridized carbons (Fsp3) is 0.0500. The second-order valence-corrected chi connectivity index (χ2v) is 6.64. The lowest BCUT2D eigenvalue weighted by atomic mass is 10.1. The van der Waals surface area contributed by atoms with Crippen LogP contribution in [0.2, 0.25) is 0 Å². The lowest BCUT2D eigenvalue weighted by Gasteiger charge is -2.07. The smallest absolute Gasteiger partial charge is 0.248 e. The first-order valence-corrected chi connectivity index (χ1v) is 9.10. The van der Waals surface area contributed by atoms with Gasteiger partial charge < -0.3 is 4.74 Å². The number of nitrogens with zero attached hydrogens (tertiary/aromatic N) is 4. The van der Waals surface area contributed by atoms with Crippen LogP contribution in [0, 0.1) is 11.6 Å². The van der Waals surface area contributed by atoms with Crippen molar-refractivity contribution in [2.45, 2.75) is 6.61 Å². The van der Waals surface area contributed by atoms with Gasteiger partial charge in [0.1, 0.15) is 11.1 Å². The molecule has 2 aromatic heterocycles. The van der Waals surface area contributed by atoms with Gasteiger partial charge in [-0.25, -0.2) is 18.4 Å². The van der Waals surface area contributed by atoms with Gasteiger partial charge in [0.25, 0.3) is 0 Å². The van der Waals surface area contributed by atoms with Gasteiger partial charge >= 0.3 is 0 Å². The molecule has 0 radical (unpaired) electrons. The Balaban J connectivity index is 1.78. The van der Waals surface area contributed by atoms with E-state index in [1.165, 1.54) is 29.3 Å². The SMILES string of the molecule is Fc1ccc(-c2c(Br)c(OCc3ccccc3)nn2-c2cnccn2)cc1F. The van der Waals surface area contributed by atoms with E-state index >= 15 is 0 Å². The number of hydrogen-bond acceptors (Lipinski definition) is 4. The van der Waals surface area contributed by atoms with Gasteiger partial charge in [-0.1, -0.05) is 30.3 Å². The minimum Gasteiger partial charge on any atom is -0.471 e. The number of aromatic nitrogens is 4. The molecule has 0 saturated carbocycles. The number of halogens is 3. The number of benzene rings is 2. The van der Waals surface area contributed by atoms with E-state index in [1.807, 2.05) is 30.3 Å². The summed E-state index contributed by atoms with van der Waals surface area (Å²) in [6.07, 6.45) is 4.57. The lowest BCUT2D eigenvalue weighted by molar-refractivity contribution is 0.290. The molecular weight excluding hydrogens is 430 g/mol. The Morgan fingerprint density at radius 2 is 1.82 bits per heavy atom. The molecule has 8 heteroatoms. The van der Waals surface area contributed by atoms with Crippen molar-refractivity contribution >= 4 is 15.9 Å². The summed E-state index contributed by atoms with van der Waals surface area (Å²) in [6, 6.07) is 13.3. The van der Waals surface area contributed by atoms with Gasteiger partial charge in [-0.05, 0) is 39.7 Å². The third kappa shape index (κ3) is 3.63. The van der Waals surface area contributed by atoms with Crippen LogP contribution in [0.25, 0.3) is 17.1 Å². The van der Waals surface area contributed by atoms with E-state index in [0.29, 0.717) is 34.0 Å². The number of rotatable bonds is 5. The van der Waals surface area contributed by atoms with E-state index in [2.05, 4.69) is 31.0 Å². The fourth-order valence-electron chi connectivity index (χ4n) is 2.66. The number of ether oxygens (including phenoxy) is 1. The van der Waals surface area contributed by atoms with Crippen molar-refractivity contribution in [3.8, 4) is 23.0 Å². The van der Waals surface area contributed by atoms with Gasteiger partial charge in [-0.2, -0.15) is 0 Å². The Morgan fingerprint density at radius 3 is 2.54 bits per heavy atom. The van der Waals surface area contributed by atoms with Crippen molar-refractivity contribution in [1.29, 1.82) is 0 Å². The van der Waals surface area contributed by atoms with Crippen LogP contribution in [0.1, 0.15) is 5.56 Å². The zero-order valence-corrected chi connectivity index (χ0v) is 16.0. The first kappa shape index (κ1) is 18.2. The quantitative estimate of drug-likeness (QED) is 0.438. The van der Waals surface area contributed by atoms with Crippen LogP contribution in [-0.4, -0.2) is 19.7 Å². The molecule has 5 nitrogen and oxygen atoms in total. The normalized spacial score (nSPS) is 10.8. The van der Waals surface area contributed by atoms with Crippen LogP contribution in [0.3, 0.4) is 0 Å². The largest absolute Gasteiger partial charge is 0.471 e. The third-order valence-electron chi connectivity index (χ3n) is 3.98. The minimum atomic E-state index is -0.956. The highest BCUT2D eigenvalue weighted by Gasteiger charge is 2.22. The summed E-state index contributed by atoms with van der Waals surface area (Å²) in [4.78, 5) is 8.29. The molecule has 0 unspecified atom stereocenters. The molecular formula is C20H13BrF2N4O. The molecule has 4 rings (SSSR count). The summed E-state index contributed by atoms with van der Waals surface area (Å²) >= 11 is 3.48. The molecule has 28 heavy (non-hydrogen) atoms. The second kappa shape index (κ2) is 7.85.